The Morgan fingerprint density at radius 3 is 3.04 bits per heavy atom. The highest BCUT2D eigenvalue weighted by atomic mass is 16.5. The van der Waals surface area contributed by atoms with Crippen LogP contribution in [0.4, 0.5) is 0 Å². The number of amides is 1. The number of carbonyl (C=O) groups is 1. The van der Waals surface area contributed by atoms with Crippen molar-refractivity contribution in [3.8, 4) is 5.75 Å². The molecule has 0 aliphatic carbocycles. The van der Waals surface area contributed by atoms with Gasteiger partial charge in [-0.3, -0.25) is 9.89 Å². The summed E-state index contributed by atoms with van der Waals surface area (Å²) in [5, 5.41) is 7.36. The Bertz CT molecular complexity index is 830. The van der Waals surface area contributed by atoms with E-state index in [0.29, 0.717) is 25.4 Å². The Labute approximate surface area is 153 Å². The Balaban J connectivity index is 1.58. The van der Waals surface area contributed by atoms with Gasteiger partial charge in [0.2, 0.25) is 0 Å². The molecule has 1 N–H and O–H groups in total. The monoisotopic (exact) mass is 355 g/mol. The smallest absolute Gasteiger partial charge is 0.274 e. The van der Waals surface area contributed by atoms with Crippen molar-refractivity contribution in [2.24, 2.45) is 0 Å². The second-order valence-electron chi connectivity index (χ2n) is 7.10. The molecule has 0 fully saturated rings. The van der Waals surface area contributed by atoms with Gasteiger partial charge >= 0.3 is 0 Å². The standard InChI is InChI=1S/C20H25N3O3/c1-4-25-16-6-5-14-7-8-23(11-15(14)10-16)20(24)19-17-9-12(2)26-13(3)18(17)21-22-19/h5-6,10,12-13H,4,7-9,11H2,1-3H3,(H,21,22)/t12-,13+/m0/s1. The SMILES string of the molecule is CCOc1ccc2c(c1)CN(C(=O)c1n[nH]c3c1C[C@H](C)O[C@@H]3C)CC2. The summed E-state index contributed by atoms with van der Waals surface area (Å²) < 4.78 is 11.4. The molecule has 6 heteroatoms. The highest BCUT2D eigenvalue weighted by molar-refractivity contribution is 5.94. The minimum atomic E-state index is -0.0568. The lowest BCUT2D eigenvalue weighted by Gasteiger charge is -2.30. The molecule has 0 saturated heterocycles. The minimum absolute atomic E-state index is 0.00346. The van der Waals surface area contributed by atoms with Crippen LogP contribution in [0.5, 0.6) is 5.75 Å². The fraction of sp³-hybridized carbons (Fsp3) is 0.500. The molecule has 2 aliphatic rings. The Hall–Kier alpha value is -2.34. The molecule has 138 valence electrons. The molecular weight excluding hydrogens is 330 g/mol. The molecule has 2 aromatic rings. The minimum Gasteiger partial charge on any atom is -0.494 e. The Morgan fingerprint density at radius 2 is 2.23 bits per heavy atom. The summed E-state index contributed by atoms with van der Waals surface area (Å²) in [6.07, 6.45) is 1.61. The first-order chi connectivity index (χ1) is 12.6. The van der Waals surface area contributed by atoms with Gasteiger partial charge in [0.05, 0.1) is 24.5 Å². The van der Waals surface area contributed by atoms with Crippen molar-refractivity contribution in [2.75, 3.05) is 13.2 Å². The highest BCUT2D eigenvalue weighted by Crippen LogP contribution is 2.31. The van der Waals surface area contributed by atoms with E-state index in [-0.39, 0.29) is 18.1 Å². The van der Waals surface area contributed by atoms with E-state index in [9.17, 15) is 4.79 Å². The molecule has 0 radical (unpaired) electrons. The summed E-state index contributed by atoms with van der Waals surface area (Å²) in [4.78, 5) is 15.0. The molecule has 1 amide bonds. The number of aromatic nitrogens is 2. The molecule has 1 aromatic carbocycles. The van der Waals surface area contributed by atoms with Crippen LogP contribution in [0.2, 0.25) is 0 Å². The van der Waals surface area contributed by atoms with E-state index in [4.69, 9.17) is 9.47 Å². The van der Waals surface area contributed by atoms with Crippen molar-refractivity contribution in [3.05, 3.63) is 46.3 Å². The number of nitrogens with one attached hydrogen (secondary N) is 1. The molecule has 4 rings (SSSR count). The number of hydrogen-bond acceptors (Lipinski definition) is 4. The van der Waals surface area contributed by atoms with Gasteiger partial charge in [-0.2, -0.15) is 5.10 Å². The van der Waals surface area contributed by atoms with E-state index in [1.54, 1.807) is 0 Å². The molecule has 0 bridgehead atoms. The molecule has 0 unspecified atom stereocenters. The van der Waals surface area contributed by atoms with E-state index in [1.807, 2.05) is 31.7 Å². The third kappa shape index (κ3) is 2.98. The van der Waals surface area contributed by atoms with Crippen molar-refractivity contribution >= 4 is 5.91 Å². The Morgan fingerprint density at radius 1 is 1.38 bits per heavy atom. The van der Waals surface area contributed by atoms with Crippen molar-refractivity contribution in [1.82, 2.24) is 15.1 Å². The number of nitrogens with zero attached hydrogens (tertiary/aromatic N) is 2. The summed E-state index contributed by atoms with van der Waals surface area (Å²) in [6.45, 7) is 7.95. The van der Waals surface area contributed by atoms with Gasteiger partial charge in [-0.15, -0.1) is 0 Å². The van der Waals surface area contributed by atoms with Crippen molar-refractivity contribution in [1.29, 1.82) is 0 Å². The zero-order valence-electron chi connectivity index (χ0n) is 15.5. The van der Waals surface area contributed by atoms with Crippen LogP contribution in [0.3, 0.4) is 0 Å². The average molecular weight is 355 g/mol. The van der Waals surface area contributed by atoms with Crippen molar-refractivity contribution in [2.45, 2.75) is 52.4 Å². The van der Waals surface area contributed by atoms with Gasteiger partial charge in [0.15, 0.2) is 5.69 Å². The predicted molar refractivity (Wildman–Crippen MR) is 97.3 cm³/mol. The number of hydrogen-bond donors (Lipinski definition) is 1. The lowest BCUT2D eigenvalue weighted by Crippen LogP contribution is -2.37. The van der Waals surface area contributed by atoms with Crippen molar-refractivity contribution < 1.29 is 14.3 Å². The summed E-state index contributed by atoms with van der Waals surface area (Å²) in [5.74, 6) is 0.855. The largest absolute Gasteiger partial charge is 0.494 e. The number of ether oxygens (including phenoxy) is 2. The molecule has 3 heterocycles. The van der Waals surface area contributed by atoms with Crippen LogP contribution >= 0.6 is 0 Å². The number of carbonyl (C=O) groups excluding carboxylic acids is 1. The number of benzene rings is 1. The maximum atomic E-state index is 13.1. The summed E-state index contributed by atoms with van der Waals surface area (Å²) >= 11 is 0. The topological polar surface area (TPSA) is 67.5 Å². The molecule has 6 nitrogen and oxygen atoms in total. The normalized spacial score (nSPS) is 21.9. The van der Waals surface area contributed by atoms with E-state index in [1.165, 1.54) is 5.56 Å². The van der Waals surface area contributed by atoms with E-state index in [2.05, 4.69) is 22.3 Å². The van der Waals surface area contributed by atoms with Gasteiger partial charge in [0.1, 0.15) is 5.75 Å². The van der Waals surface area contributed by atoms with Gasteiger partial charge < -0.3 is 14.4 Å². The number of aromatic amines is 1. The fourth-order valence-electron chi connectivity index (χ4n) is 3.96. The van der Waals surface area contributed by atoms with E-state index >= 15 is 0 Å². The summed E-state index contributed by atoms with van der Waals surface area (Å²) in [6, 6.07) is 6.17. The van der Waals surface area contributed by atoms with Crippen LogP contribution in [0, 0.1) is 0 Å². The van der Waals surface area contributed by atoms with Crippen LogP contribution in [-0.2, 0) is 24.1 Å². The summed E-state index contributed by atoms with van der Waals surface area (Å²) in [7, 11) is 0. The van der Waals surface area contributed by atoms with Crippen LogP contribution in [-0.4, -0.2) is 40.3 Å². The third-order valence-corrected chi connectivity index (χ3v) is 5.22. The quantitative estimate of drug-likeness (QED) is 0.919. The second kappa shape index (κ2) is 6.76. The molecular formula is C20H25N3O3. The first kappa shape index (κ1) is 17.1. The van der Waals surface area contributed by atoms with Crippen LogP contribution in [0.1, 0.15) is 59.7 Å². The highest BCUT2D eigenvalue weighted by Gasteiger charge is 2.32. The lowest BCUT2D eigenvalue weighted by molar-refractivity contribution is -0.00702. The number of H-pyrrole nitrogens is 1. The van der Waals surface area contributed by atoms with E-state index in [0.717, 1.165) is 35.4 Å². The first-order valence-corrected chi connectivity index (χ1v) is 9.33. The fourth-order valence-corrected chi connectivity index (χ4v) is 3.96. The molecule has 2 aliphatic heterocycles. The van der Waals surface area contributed by atoms with Crippen molar-refractivity contribution in [3.63, 3.8) is 0 Å². The second-order valence-corrected chi connectivity index (χ2v) is 7.10. The van der Waals surface area contributed by atoms with Crippen LogP contribution < -0.4 is 4.74 Å². The number of fused-ring (bicyclic) bond motifs is 2. The van der Waals surface area contributed by atoms with Crippen LogP contribution in [0.15, 0.2) is 18.2 Å². The van der Waals surface area contributed by atoms with Gasteiger partial charge in [-0.05, 0) is 50.5 Å². The van der Waals surface area contributed by atoms with Gasteiger partial charge in [-0.1, -0.05) is 6.07 Å². The third-order valence-electron chi connectivity index (χ3n) is 5.22. The Kier molecular flexibility index (Phi) is 4.44. The van der Waals surface area contributed by atoms with Gasteiger partial charge in [-0.25, -0.2) is 0 Å². The van der Waals surface area contributed by atoms with Crippen LogP contribution in [0.25, 0.3) is 0 Å². The average Bonchev–Trinajstić information content (AvgIpc) is 3.05. The lowest BCUT2D eigenvalue weighted by atomic mass is 9.97. The van der Waals surface area contributed by atoms with E-state index < -0.39 is 0 Å². The molecule has 0 spiro atoms. The zero-order valence-corrected chi connectivity index (χ0v) is 15.5. The number of rotatable bonds is 3. The molecule has 26 heavy (non-hydrogen) atoms. The first-order valence-electron chi connectivity index (χ1n) is 9.33. The zero-order chi connectivity index (χ0) is 18.3. The van der Waals surface area contributed by atoms with Gasteiger partial charge in [0.25, 0.3) is 5.91 Å². The maximum absolute atomic E-state index is 13.1. The maximum Gasteiger partial charge on any atom is 0.274 e. The predicted octanol–water partition coefficient (Wildman–Crippen LogP) is 3.03. The molecule has 0 saturated carbocycles. The summed E-state index contributed by atoms with van der Waals surface area (Å²) in [5.41, 5.74) is 4.94. The molecule has 2 atom stereocenters. The molecule has 1 aromatic heterocycles. The van der Waals surface area contributed by atoms with Gasteiger partial charge in [0, 0.05) is 25.1 Å².